The molecule has 1 heterocycles. The zero-order valence-corrected chi connectivity index (χ0v) is 11.5. The quantitative estimate of drug-likeness (QED) is 0.643. The molecule has 1 fully saturated rings. The van der Waals surface area contributed by atoms with E-state index in [1.807, 2.05) is 11.8 Å². The van der Waals surface area contributed by atoms with E-state index in [1.165, 1.54) is 25.0 Å². The predicted octanol–water partition coefficient (Wildman–Crippen LogP) is 1.14. The van der Waals surface area contributed by atoms with Crippen LogP contribution in [-0.2, 0) is 9.53 Å². The Kier molecular flexibility index (Phi) is 6.92. The normalized spacial score (nSPS) is 23.9. The molecule has 1 unspecified atom stereocenters. The fraction of sp³-hybridized carbons (Fsp3) is 0.917. The second-order valence-electron chi connectivity index (χ2n) is 4.62. The molecule has 5 heteroatoms. The van der Waals surface area contributed by atoms with Gasteiger partial charge >= 0.3 is 0 Å². The highest BCUT2D eigenvalue weighted by atomic mass is 32.2. The first kappa shape index (κ1) is 14.8. The Hall–Kier alpha value is -0.260. The van der Waals surface area contributed by atoms with Crippen molar-refractivity contribution in [2.75, 3.05) is 31.8 Å². The molecule has 0 aliphatic carbocycles. The van der Waals surface area contributed by atoms with Crippen LogP contribution in [0.3, 0.4) is 0 Å². The SMILES string of the molecule is CSCCCCCCNC(=O)C1(N)CCOC1. The highest BCUT2D eigenvalue weighted by Crippen LogP contribution is 2.15. The van der Waals surface area contributed by atoms with Gasteiger partial charge in [-0.05, 0) is 31.3 Å². The van der Waals surface area contributed by atoms with Crippen molar-refractivity contribution in [2.45, 2.75) is 37.6 Å². The number of unbranched alkanes of at least 4 members (excludes halogenated alkanes) is 3. The summed E-state index contributed by atoms with van der Waals surface area (Å²) >= 11 is 1.89. The molecule has 1 aliphatic rings. The summed E-state index contributed by atoms with van der Waals surface area (Å²) in [5.74, 6) is 1.18. The van der Waals surface area contributed by atoms with E-state index in [-0.39, 0.29) is 5.91 Å². The molecule has 1 saturated heterocycles. The standard InChI is InChI=1S/C12H24N2O2S/c1-17-9-5-3-2-4-7-14-11(15)12(13)6-8-16-10-12/h2-10,13H2,1H3,(H,14,15). The Labute approximate surface area is 108 Å². The minimum Gasteiger partial charge on any atom is -0.379 e. The van der Waals surface area contributed by atoms with Gasteiger partial charge in [0.05, 0.1) is 6.61 Å². The van der Waals surface area contributed by atoms with Gasteiger partial charge in [-0.2, -0.15) is 11.8 Å². The minimum absolute atomic E-state index is 0.0564. The van der Waals surface area contributed by atoms with Crippen LogP contribution in [0.5, 0.6) is 0 Å². The second kappa shape index (κ2) is 7.95. The van der Waals surface area contributed by atoms with Crippen molar-refractivity contribution in [2.24, 2.45) is 5.73 Å². The van der Waals surface area contributed by atoms with E-state index in [9.17, 15) is 4.79 Å². The lowest BCUT2D eigenvalue weighted by molar-refractivity contribution is -0.126. The zero-order chi connectivity index (χ0) is 12.6. The summed E-state index contributed by atoms with van der Waals surface area (Å²) in [6.07, 6.45) is 7.49. The number of rotatable bonds is 8. The van der Waals surface area contributed by atoms with E-state index in [2.05, 4.69) is 11.6 Å². The molecule has 0 aromatic carbocycles. The number of carbonyl (C=O) groups excluding carboxylic acids is 1. The lowest BCUT2D eigenvalue weighted by Gasteiger charge is -2.20. The van der Waals surface area contributed by atoms with Gasteiger partial charge in [-0.15, -0.1) is 0 Å². The summed E-state index contributed by atoms with van der Waals surface area (Å²) in [5.41, 5.74) is 5.16. The van der Waals surface area contributed by atoms with Crippen LogP contribution in [0.25, 0.3) is 0 Å². The summed E-state index contributed by atoms with van der Waals surface area (Å²) in [5, 5.41) is 2.91. The number of thioether (sulfide) groups is 1. The lowest BCUT2D eigenvalue weighted by atomic mass is 9.99. The Morgan fingerprint density at radius 1 is 1.41 bits per heavy atom. The molecule has 0 aromatic rings. The number of hydrogen-bond donors (Lipinski definition) is 2. The van der Waals surface area contributed by atoms with Gasteiger partial charge in [0.1, 0.15) is 5.54 Å². The Morgan fingerprint density at radius 3 is 2.82 bits per heavy atom. The average Bonchev–Trinajstić information content (AvgIpc) is 2.76. The fourth-order valence-corrected chi connectivity index (χ4v) is 2.36. The third-order valence-corrected chi connectivity index (χ3v) is 3.76. The van der Waals surface area contributed by atoms with Crippen LogP contribution in [0.15, 0.2) is 0 Å². The molecule has 1 aliphatic heterocycles. The Balaban J connectivity index is 2.00. The number of carbonyl (C=O) groups is 1. The summed E-state index contributed by atoms with van der Waals surface area (Å²) in [6.45, 7) is 1.68. The molecule has 100 valence electrons. The van der Waals surface area contributed by atoms with Gasteiger partial charge in [0.2, 0.25) is 5.91 Å². The molecule has 4 nitrogen and oxygen atoms in total. The van der Waals surface area contributed by atoms with E-state index >= 15 is 0 Å². The molecule has 1 amide bonds. The predicted molar refractivity (Wildman–Crippen MR) is 72.2 cm³/mol. The van der Waals surface area contributed by atoms with Crippen LogP contribution in [0.1, 0.15) is 32.1 Å². The molecule has 17 heavy (non-hydrogen) atoms. The number of amides is 1. The van der Waals surface area contributed by atoms with Crippen molar-refractivity contribution in [1.29, 1.82) is 0 Å². The Bertz CT molecular complexity index is 231. The highest BCUT2D eigenvalue weighted by molar-refractivity contribution is 7.98. The average molecular weight is 260 g/mol. The van der Waals surface area contributed by atoms with Crippen LogP contribution in [0.4, 0.5) is 0 Å². The number of hydrogen-bond acceptors (Lipinski definition) is 4. The largest absolute Gasteiger partial charge is 0.379 e. The van der Waals surface area contributed by atoms with Gasteiger partial charge in [0.25, 0.3) is 0 Å². The minimum atomic E-state index is -0.779. The van der Waals surface area contributed by atoms with Crippen molar-refractivity contribution >= 4 is 17.7 Å². The first-order valence-electron chi connectivity index (χ1n) is 6.33. The van der Waals surface area contributed by atoms with E-state index in [1.54, 1.807) is 0 Å². The van der Waals surface area contributed by atoms with E-state index in [0.29, 0.717) is 19.6 Å². The fourth-order valence-electron chi connectivity index (χ4n) is 1.86. The molecule has 0 saturated carbocycles. The summed E-state index contributed by atoms with van der Waals surface area (Å²) in [7, 11) is 0. The summed E-state index contributed by atoms with van der Waals surface area (Å²) in [4.78, 5) is 11.8. The third-order valence-electron chi connectivity index (χ3n) is 3.07. The van der Waals surface area contributed by atoms with Crippen LogP contribution in [-0.4, -0.2) is 43.2 Å². The molecular formula is C12H24N2O2S. The van der Waals surface area contributed by atoms with Crippen molar-refractivity contribution < 1.29 is 9.53 Å². The molecule has 0 spiro atoms. The molecule has 0 radical (unpaired) electrons. The van der Waals surface area contributed by atoms with Gasteiger partial charge in [-0.25, -0.2) is 0 Å². The van der Waals surface area contributed by atoms with Crippen molar-refractivity contribution in [3.63, 3.8) is 0 Å². The first-order valence-corrected chi connectivity index (χ1v) is 7.72. The van der Waals surface area contributed by atoms with E-state index in [0.717, 1.165) is 13.0 Å². The van der Waals surface area contributed by atoms with Crippen molar-refractivity contribution in [3.05, 3.63) is 0 Å². The van der Waals surface area contributed by atoms with E-state index in [4.69, 9.17) is 10.5 Å². The van der Waals surface area contributed by atoms with Crippen LogP contribution < -0.4 is 11.1 Å². The van der Waals surface area contributed by atoms with Crippen LogP contribution in [0.2, 0.25) is 0 Å². The van der Waals surface area contributed by atoms with Gasteiger partial charge in [0.15, 0.2) is 0 Å². The molecule has 1 atom stereocenters. The lowest BCUT2D eigenvalue weighted by Crippen LogP contribution is -2.54. The van der Waals surface area contributed by atoms with Gasteiger partial charge < -0.3 is 15.8 Å². The van der Waals surface area contributed by atoms with Crippen LogP contribution in [0, 0.1) is 0 Å². The monoisotopic (exact) mass is 260 g/mol. The maximum absolute atomic E-state index is 11.8. The maximum atomic E-state index is 11.8. The van der Waals surface area contributed by atoms with Gasteiger partial charge in [0, 0.05) is 13.2 Å². The van der Waals surface area contributed by atoms with E-state index < -0.39 is 5.54 Å². The molecule has 0 bridgehead atoms. The number of nitrogens with two attached hydrogens (primary N) is 1. The van der Waals surface area contributed by atoms with Crippen molar-refractivity contribution in [3.8, 4) is 0 Å². The Morgan fingerprint density at radius 2 is 2.18 bits per heavy atom. The van der Waals surface area contributed by atoms with Crippen molar-refractivity contribution in [1.82, 2.24) is 5.32 Å². The first-order chi connectivity index (χ1) is 8.19. The molecule has 0 aromatic heterocycles. The van der Waals surface area contributed by atoms with Gasteiger partial charge in [-0.1, -0.05) is 12.8 Å². The smallest absolute Gasteiger partial charge is 0.242 e. The number of nitrogens with one attached hydrogen (secondary N) is 1. The third kappa shape index (κ3) is 5.27. The summed E-state index contributed by atoms with van der Waals surface area (Å²) in [6, 6.07) is 0. The second-order valence-corrected chi connectivity index (χ2v) is 5.61. The molecule has 1 rings (SSSR count). The molecular weight excluding hydrogens is 236 g/mol. The summed E-state index contributed by atoms with van der Waals surface area (Å²) < 4.78 is 5.16. The zero-order valence-electron chi connectivity index (χ0n) is 10.7. The number of ether oxygens (including phenoxy) is 1. The molecule has 3 N–H and O–H groups in total. The topological polar surface area (TPSA) is 64.4 Å². The highest BCUT2D eigenvalue weighted by Gasteiger charge is 2.37. The van der Waals surface area contributed by atoms with Gasteiger partial charge in [-0.3, -0.25) is 4.79 Å². The van der Waals surface area contributed by atoms with Crippen LogP contribution >= 0.6 is 11.8 Å². The maximum Gasteiger partial charge on any atom is 0.242 e.